The molecule has 0 aromatic carbocycles. The molecule has 3 nitrogen and oxygen atoms in total. The molecule has 0 aromatic rings. The highest BCUT2D eigenvalue weighted by Crippen LogP contribution is 2.29. The van der Waals surface area contributed by atoms with Gasteiger partial charge in [0.2, 0.25) is 5.91 Å². The number of carbonyl (C=O) groups excluding carboxylic acids is 1. The van der Waals surface area contributed by atoms with E-state index in [-0.39, 0.29) is 5.54 Å². The van der Waals surface area contributed by atoms with Crippen LogP contribution in [0.15, 0.2) is 0 Å². The fraction of sp³-hybridized carbons (Fsp3) is 0.929. The van der Waals surface area contributed by atoms with Gasteiger partial charge in [0.1, 0.15) is 0 Å². The minimum Gasteiger partial charge on any atom is -0.338 e. The van der Waals surface area contributed by atoms with Gasteiger partial charge in [-0.05, 0) is 52.0 Å². The highest BCUT2D eigenvalue weighted by molar-refractivity contribution is 5.87. The number of likely N-dealkylation sites (tertiary alicyclic amines) is 1. The molecule has 0 aromatic heterocycles. The lowest BCUT2D eigenvalue weighted by molar-refractivity contribution is -0.141. The van der Waals surface area contributed by atoms with Crippen molar-refractivity contribution in [1.29, 1.82) is 0 Å². The Morgan fingerprint density at radius 3 is 2.82 bits per heavy atom. The van der Waals surface area contributed by atoms with Crippen molar-refractivity contribution < 1.29 is 4.79 Å². The Bertz CT molecular complexity index is 271. The molecule has 3 heteroatoms. The fourth-order valence-electron chi connectivity index (χ4n) is 3.41. The van der Waals surface area contributed by atoms with Gasteiger partial charge in [-0.15, -0.1) is 0 Å². The Labute approximate surface area is 105 Å². The summed E-state index contributed by atoms with van der Waals surface area (Å²) in [5.74, 6) is 0.379. The Kier molecular flexibility index (Phi) is 4.08. The first-order chi connectivity index (χ1) is 8.19. The Balaban J connectivity index is 2.10. The second kappa shape index (κ2) is 5.38. The summed E-state index contributed by atoms with van der Waals surface area (Å²) in [6.45, 7) is 6.35. The van der Waals surface area contributed by atoms with Crippen LogP contribution in [-0.2, 0) is 4.79 Å². The molecular weight excluding hydrogens is 212 g/mol. The van der Waals surface area contributed by atoms with Crippen LogP contribution in [0.5, 0.6) is 0 Å². The molecule has 2 fully saturated rings. The van der Waals surface area contributed by atoms with E-state index in [0.29, 0.717) is 11.9 Å². The second-order valence-electron chi connectivity index (χ2n) is 5.71. The molecular formula is C14H26N2O. The van der Waals surface area contributed by atoms with Crippen LogP contribution in [0.1, 0.15) is 58.8 Å². The Morgan fingerprint density at radius 2 is 2.24 bits per heavy atom. The van der Waals surface area contributed by atoms with Gasteiger partial charge < -0.3 is 10.2 Å². The summed E-state index contributed by atoms with van der Waals surface area (Å²) in [7, 11) is 0. The van der Waals surface area contributed by atoms with E-state index in [1.54, 1.807) is 0 Å². The molecule has 17 heavy (non-hydrogen) atoms. The molecule has 1 N–H and O–H groups in total. The van der Waals surface area contributed by atoms with Crippen molar-refractivity contribution in [2.75, 3.05) is 13.1 Å². The van der Waals surface area contributed by atoms with Crippen LogP contribution in [0.2, 0.25) is 0 Å². The quantitative estimate of drug-likeness (QED) is 0.818. The average molecular weight is 238 g/mol. The van der Waals surface area contributed by atoms with Crippen molar-refractivity contribution in [3.63, 3.8) is 0 Å². The molecule has 0 radical (unpaired) electrons. The van der Waals surface area contributed by atoms with Crippen LogP contribution in [-0.4, -0.2) is 35.5 Å². The lowest BCUT2D eigenvalue weighted by Crippen LogP contribution is -2.57. The van der Waals surface area contributed by atoms with E-state index < -0.39 is 0 Å². The van der Waals surface area contributed by atoms with E-state index in [2.05, 4.69) is 24.1 Å². The van der Waals surface area contributed by atoms with Crippen molar-refractivity contribution in [3.8, 4) is 0 Å². The summed E-state index contributed by atoms with van der Waals surface area (Å²) in [6, 6.07) is 0.437. The summed E-state index contributed by atoms with van der Waals surface area (Å²) in [6.07, 6.45) is 7.89. The fourth-order valence-corrected chi connectivity index (χ4v) is 3.41. The van der Waals surface area contributed by atoms with Gasteiger partial charge in [0.25, 0.3) is 0 Å². The zero-order valence-corrected chi connectivity index (χ0v) is 11.3. The van der Waals surface area contributed by atoms with E-state index in [9.17, 15) is 4.79 Å². The molecule has 0 bridgehead atoms. The van der Waals surface area contributed by atoms with Gasteiger partial charge in [-0.25, -0.2) is 0 Å². The molecule has 2 aliphatic heterocycles. The van der Waals surface area contributed by atoms with Crippen molar-refractivity contribution in [1.82, 2.24) is 10.2 Å². The molecule has 2 heterocycles. The number of rotatable bonds is 3. The van der Waals surface area contributed by atoms with Gasteiger partial charge in [0.05, 0.1) is 5.54 Å². The summed E-state index contributed by atoms with van der Waals surface area (Å²) < 4.78 is 0. The van der Waals surface area contributed by atoms with Crippen LogP contribution in [0.25, 0.3) is 0 Å². The standard InChI is InChI=1S/C14H26N2O/c1-3-8-14(9-6-10-15-14)13(17)16-11-5-4-7-12(16)2/h12,15H,3-11H2,1-2H3. The third kappa shape index (κ3) is 2.49. The molecule has 2 rings (SSSR count). The largest absolute Gasteiger partial charge is 0.338 e. The lowest BCUT2D eigenvalue weighted by Gasteiger charge is -2.40. The van der Waals surface area contributed by atoms with Crippen LogP contribution >= 0.6 is 0 Å². The number of nitrogens with one attached hydrogen (secondary N) is 1. The second-order valence-corrected chi connectivity index (χ2v) is 5.71. The van der Waals surface area contributed by atoms with Gasteiger partial charge in [-0.3, -0.25) is 4.79 Å². The van der Waals surface area contributed by atoms with Crippen LogP contribution in [0.3, 0.4) is 0 Å². The molecule has 2 atom stereocenters. The van der Waals surface area contributed by atoms with Crippen molar-refractivity contribution in [2.45, 2.75) is 70.4 Å². The minimum absolute atomic E-state index is 0.222. The van der Waals surface area contributed by atoms with Gasteiger partial charge in [-0.1, -0.05) is 13.3 Å². The van der Waals surface area contributed by atoms with Crippen molar-refractivity contribution in [2.24, 2.45) is 0 Å². The monoisotopic (exact) mass is 238 g/mol. The van der Waals surface area contributed by atoms with Crippen LogP contribution in [0, 0.1) is 0 Å². The molecule has 2 unspecified atom stereocenters. The molecule has 0 aliphatic carbocycles. The number of carbonyl (C=O) groups is 1. The normalized spacial score (nSPS) is 34.0. The number of amides is 1. The van der Waals surface area contributed by atoms with Crippen molar-refractivity contribution in [3.05, 3.63) is 0 Å². The van der Waals surface area contributed by atoms with E-state index >= 15 is 0 Å². The maximum atomic E-state index is 12.8. The molecule has 0 spiro atoms. The van der Waals surface area contributed by atoms with Gasteiger partial charge in [-0.2, -0.15) is 0 Å². The molecule has 98 valence electrons. The highest BCUT2D eigenvalue weighted by atomic mass is 16.2. The molecule has 2 saturated heterocycles. The lowest BCUT2D eigenvalue weighted by atomic mass is 9.88. The van der Waals surface area contributed by atoms with E-state index in [4.69, 9.17) is 0 Å². The first kappa shape index (κ1) is 12.9. The number of hydrogen-bond acceptors (Lipinski definition) is 2. The van der Waals surface area contributed by atoms with Crippen LogP contribution < -0.4 is 5.32 Å². The number of nitrogens with zero attached hydrogens (tertiary/aromatic N) is 1. The predicted octanol–water partition coefficient (Wildman–Crippen LogP) is 2.31. The summed E-state index contributed by atoms with van der Waals surface area (Å²) in [5, 5.41) is 3.50. The highest BCUT2D eigenvalue weighted by Gasteiger charge is 2.43. The predicted molar refractivity (Wildman–Crippen MR) is 69.9 cm³/mol. The van der Waals surface area contributed by atoms with E-state index in [0.717, 1.165) is 38.8 Å². The van der Waals surface area contributed by atoms with E-state index in [1.807, 2.05) is 0 Å². The molecule has 0 saturated carbocycles. The zero-order chi connectivity index (χ0) is 12.3. The summed E-state index contributed by atoms with van der Waals surface area (Å²) in [5.41, 5.74) is -0.222. The average Bonchev–Trinajstić information content (AvgIpc) is 2.79. The third-order valence-corrected chi connectivity index (χ3v) is 4.39. The topological polar surface area (TPSA) is 32.3 Å². The summed E-state index contributed by atoms with van der Waals surface area (Å²) in [4.78, 5) is 14.9. The Morgan fingerprint density at radius 1 is 1.41 bits per heavy atom. The maximum absolute atomic E-state index is 12.8. The smallest absolute Gasteiger partial charge is 0.243 e. The number of hydrogen-bond donors (Lipinski definition) is 1. The first-order valence-corrected chi connectivity index (χ1v) is 7.26. The minimum atomic E-state index is -0.222. The first-order valence-electron chi connectivity index (χ1n) is 7.26. The molecule has 1 amide bonds. The van der Waals surface area contributed by atoms with Gasteiger partial charge >= 0.3 is 0 Å². The Hall–Kier alpha value is -0.570. The van der Waals surface area contributed by atoms with Crippen molar-refractivity contribution >= 4 is 5.91 Å². The van der Waals surface area contributed by atoms with E-state index in [1.165, 1.54) is 19.3 Å². The van der Waals surface area contributed by atoms with Gasteiger partial charge in [0.15, 0.2) is 0 Å². The SMILES string of the molecule is CCCC1(C(=O)N2CCCCC2C)CCCN1. The maximum Gasteiger partial charge on any atom is 0.243 e. The third-order valence-electron chi connectivity index (χ3n) is 4.39. The molecule has 2 aliphatic rings. The zero-order valence-electron chi connectivity index (χ0n) is 11.3. The summed E-state index contributed by atoms with van der Waals surface area (Å²) >= 11 is 0. The number of piperidine rings is 1. The van der Waals surface area contributed by atoms with Gasteiger partial charge in [0, 0.05) is 12.6 Å². The van der Waals surface area contributed by atoms with Crippen LogP contribution in [0.4, 0.5) is 0 Å².